The summed E-state index contributed by atoms with van der Waals surface area (Å²) in [7, 11) is -3.67. The van der Waals surface area contributed by atoms with Gasteiger partial charge < -0.3 is 10.1 Å². The molecule has 0 aromatic heterocycles. The van der Waals surface area contributed by atoms with Crippen molar-refractivity contribution < 1.29 is 22.3 Å². The molecule has 2 aromatic rings. The molecular weight excluding hydrogens is 383 g/mol. The number of anilines is 1. The highest BCUT2D eigenvalue weighted by Crippen LogP contribution is 2.29. The minimum Gasteiger partial charge on any atom is -0.492 e. The van der Waals surface area contributed by atoms with Crippen molar-refractivity contribution in [1.29, 1.82) is 0 Å². The maximum absolute atomic E-state index is 13.0. The Balaban J connectivity index is 2.30. The van der Waals surface area contributed by atoms with Gasteiger partial charge in [-0.1, -0.05) is 26.0 Å². The van der Waals surface area contributed by atoms with Crippen molar-refractivity contribution in [1.82, 2.24) is 4.31 Å². The Morgan fingerprint density at radius 2 is 1.71 bits per heavy atom. The number of rotatable bonds is 9. The van der Waals surface area contributed by atoms with Crippen molar-refractivity contribution in [3.63, 3.8) is 0 Å². The molecule has 1 N–H and O–H groups in total. The number of amides is 1. The first-order chi connectivity index (χ1) is 13.3. The first-order valence-corrected chi connectivity index (χ1v) is 10.6. The molecule has 8 heteroatoms. The quantitative estimate of drug-likeness (QED) is 0.690. The third-order valence-electron chi connectivity index (χ3n) is 4.15. The molecule has 0 saturated carbocycles. The van der Waals surface area contributed by atoms with Crippen molar-refractivity contribution in [3.05, 3.63) is 53.8 Å². The first kappa shape index (κ1) is 21.8. The van der Waals surface area contributed by atoms with Gasteiger partial charge in [0.05, 0.1) is 23.6 Å². The second kappa shape index (κ2) is 9.66. The van der Waals surface area contributed by atoms with E-state index in [2.05, 4.69) is 5.32 Å². The van der Waals surface area contributed by atoms with Crippen molar-refractivity contribution in [2.24, 2.45) is 0 Å². The van der Waals surface area contributed by atoms with Gasteiger partial charge >= 0.3 is 0 Å². The molecule has 0 fully saturated rings. The maximum atomic E-state index is 13.0. The van der Waals surface area contributed by atoms with Gasteiger partial charge in [0.2, 0.25) is 15.9 Å². The zero-order valence-electron chi connectivity index (χ0n) is 16.2. The molecule has 0 radical (unpaired) electrons. The fraction of sp³-hybridized carbons (Fsp3) is 0.350. The lowest BCUT2D eigenvalue weighted by molar-refractivity contribution is -0.115. The zero-order valence-corrected chi connectivity index (χ0v) is 17.1. The van der Waals surface area contributed by atoms with E-state index in [1.54, 1.807) is 20.8 Å². The Morgan fingerprint density at radius 1 is 1.07 bits per heavy atom. The summed E-state index contributed by atoms with van der Waals surface area (Å²) in [5.74, 6) is -0.351. The number of benzene rings is 2. The smallest absolute Gasteiger partial charge is 0.243 e. The summed E-state index contributed by atoms with van der Waals surface area (Å²) in [6.45, 7) is 6.38. The number of carbonyl (C=O) groups is 1. The molecule has 2 aromatic carbocycles. The lowest BCUT2D eigenvalue weighted by atomic mass is 10.1. The molecule has 28 heavy (non-hydrogen) atoms. The fourth-order valence-electron chi connectivity index (χ4n) is 2.74. The molecule has 0 aliphatic carbocycles. The molecule has 0 heterocycles. The summed E-state index contributed by atoms with van der Waals surface area (Å²) >= 11 is 0. The number of hydrogen-bond donors (Lipinski definition) is 1. The van der Waals surface area contributed by atoms with E-state index in [0.29, 0.717) is 31.0 Å². The molecule has 0 atom stereocenters. The van der Waals surface area contributed by atoms with Gasteiger partial charge in [-0.3, -0.25) is 4.79 Å². The maximum Gasteiger partial charge on any atom is 0.243 e. The summed E-state index contributed by atoms with van der Waals surface area (Å²) in [4.78, 5) is 12.5. The SMILES string of the molecule is CCOc1ccc(S(=O)(=O)N(CC)CC)cc1NC(=O)Cc1ccc(F)cc1. The predicted octanol–water partition coefficient (Wildman–Crippen LogP) is 3.44. The summed E-state index contributed by atoms with van der Waals surface area (Å²) < 4.78 is 45.4. The normalized spacial score (nSPS) is 11.5. The fourth-order valence-corrected chi connectivity index (χ4v) is 4.23. The minimum atomic E-state index is -3.67. The second-order valence-electron chi connectivity index (χ2n) is 6.03. The molecular formula is C20H25FN2O4S. The Hall–Kier alpha value is -2.45. The number of halogens is 1. The number of nitrogens with zero attached hydrogens (tertiary/aromatic N) is 1. The van der Waals surface area contributed by atoms with E-state index in [9.17, 15) is 17.6 Å². The van der Waals surface area contributed by atoms with E-state index in [-0.39, 0.29) is 28.7 Å². The van der Waals surface area contributed by atoms with Crippen molar-refractivity contribution in [3.8, 4) is 5.75 Å². The lowest BCUT2D eigenvalue weighted by Crippen LogP contribution is -2.30. The molecule has 0 aliphatic rings. The average molecular weight is 408 g/mol. The van der Waals surface area contributed by atoms with Gasteiger partial charge in [-0.05, 0) is 42.8 Å². The second-order valence-corrected chi connectivity index (χ2v) is 7.97. The van der Waals surface area contributed by atoms with E-state index in [1.807, 2.05) is 0 Å². The minimum absolute atomic E-state index is 0.0267. The Morgan fingerprint density at radius 3 is 2.29 bits per heavy atom. The lowest BCUT2D eigenvalue weighted by Gasteiger charge is -2.20. The van der Waals surface area contributed by atoms with Crippen LogP contribution in [-0.2, 0) is 21.2 Å². The number of ether oxygens (including phenoxy) is 1. The standard InChI is InChI=1S/C20H25FN2O4S/c1-4-23(5-2)28(25,26)17-11-12-19(27-6-3)18(14-17)22-20(24)13-15-7-9-16(21)10-8-15/h7-12,14H,4-6,13H2,1-3H3,(H,22,24). The van der Waals surface area contributed by atoms with E-state index in [0.717, 1.165) is 0 Å². The van der Waals surface area contributed by atoms with E-state index < -0.39 is 10.0 Å². The molecule has 0 saturated heterocycles. The van der Waals surface area contributed by atoms with E-state index >= 15 is 0 Å². The molecule has 6 nitrogen and oxygen atoms in total. The van der Waals surface area contributed by atoms with Gasteiger partial charge in [-0.2, -0.15) is 4.31 Å². The monoisotopic (exact) mass is 408 g/mol. The van der Waals surface area contributed by atoms with Crippen LogP contribution in [0.2, 0.25) is 0 Å². The topological polar surface area (TPSA) is 75.7 Å². The highest BCUT2D eigenvalue weighted by atomic mass is 32.2. The molecule has 1 amide bonds. The number of hydrogen-bond acceptors (Lipinski definition) is 4. The van der Waals surface area contributed by atoms with Crippen LogP contribution in [0.5, 0.6) is 5.75 Å². The van der Waals surface area contributed by atoms with Crippen LogP contribution in [-0.4, -0.2) is 38.3 Å². The van der Waals surface area contributed by atoms with Crippen molar-refractivity contribution in [2.75, 3.05) is 25.0 Å². The third-order valence-corrected chi connectivity index (χ3v) is 6.19. The summed E-state index contributed by atoms with van der Waals surface area (Å²) in [5, 5.41) is 2.71. The highest BCUT2D eigenvalue weighted by molar-refractivity contribution is 7.89. The van der Waals surface area contributed by atoms with E-state index in [4.69, 9.17) is 4.74 Å². The zero-order chi connectivity index (χ0) is 20.7. The van der Waals surface area contributed by atoms with Gasteiger partial charge in [0.1, 0.15) is 11.6 Å². The van der Waals surface area contributed by atoms with Crippen LogP contribution in [0, 0.1) is 5.82 Å². The van der Waals surface area contributed by atoms with Crippen LogP contribution in [0.4, 0.5) is 10.1 Å². The van der Waals surface area contributed by atoms with Crippen molar-refractivity contribution in [2.45, 2.75) is 32.1 Å². The van der Waals surface area contributed by atoms with Gasteiger partial charge in [0, 0.05) is 13.1 Å². The predicted molar refractivity (Wildman–Crippen MR) is 106 cm³/mol. The van der Waals surface area contributed by atoms with E-state index in [1.165, 1.54) is 46.8 Å². The number of sulfonamides is 1. The molecule has 0 bridgehead atoms. The highest BCUT2D eigenvalue weighted by Gasteiger charge is 2.23. The van der Waals surface area contributed by atoms with Gasteiger partial charge in [-0.15, -0.1) is 0 Å². The first-order valence-electron chi connectivity index (χ1n) is 9.13. The van der Waals surface area contributed by atoms with Gasteiger partial charge in [0.15, 0.2) is 0 Å². The van der Waals surface area contributed by atoms with Crippen molar-refractivity contribution >= 4 is 21.6 Å². The third kappa shape index (κ3) is 5.30. The molecule has 2 rings (SSSR count). The summed E-state index contributed by atoms with van der Waals surface area (Å²) in [6, 6.07) is 10.0. The number of nitrogens with one attached hydrogen (secondary N) is 1. The molecule has 0 aliphatic heterocycles. The largest absolute Gasteiger partial charge is 0.492 e. The average Bonchev–Trinajstić information content (AvgIpc) is 2.66. The van der Waals surface area contributed by atoms with Gasteiger partial charge in [-0.25, -0.2) is 12.8 Å². The Labute approximate surface area is 165 Å². The summed E-state index contributed by atoms with van der Waals surface area (Å²) in [5.41, 5.74) is 0.922. The van der Waals surface area contributed by atoms with Crippen LogP contribution >= 0.6 is 0 Å². The van der Waals surface area contributed by atoms with Crippen LogP contribution in [0.25, 0.3) is 0 Å². The van der Waals surface area contributed by atoms with Crippen LogP contribution in [0.15, 0.2) is 47.4 Å². The van der Waals surface area contributed by atoms with Gasteiger partial charge in [0.25, 0.3) is 0 Å². The molecule has 0 unspecified atom stereocenters. The number of carbonyl (C=O) groups excluding carboxylic acids is 1. The Bertz CT molecular complexity index is 910. The summed E-state index contributed by atoms with van der Waals surface area (Å²) in [6.07, 6.45) is 0.0267. The van der Waals surface area contributed by atoms with Crippen LogP contribution < -0.4 is 10.1 Å². The Kier molecular flexibility index (Phi) is 7.53. The molecule has 152 valence electrons. The molecule has 0 spiro atoms. The van der Waals surface area contributed by atoms with Crippen LogP contribution in [0.1, 0.15) is 26.3 Å². The van der Waals surface area contributed by atoms with Crippen LogP contribution in [0.3, 0.4) is 0 Å².